The third-order valence-electron chi connectivity index (χ3n) is 8.55. The second kappa shape index (κ2) is 14.4. The molecule has 0 unspecified atom stereocenters. The Bertz CT molecular complexity index is 2260. The van der Waals surface area contributed by atoms with Crippen molar-refractivity contribution in [1.82, 2.24) is 29.2 Å². The lowest BCUT2D eigenvalue weighted by atomic mass is 10.2. The van der Waals surface area contributed by atoms with Gasteiger partial charge in [-0.05, 0) is 68.8 Å². The fourth-order valence-electron chi connectivity index (χ4n) is 5.82. The molecule has 1 aliphatic rings. The van der Waals surface area contributed by atoms with Crippen LogP contribution in [0.15, 0.2) is 64.3 Å². The molecule has 50 heavy (non-hydrogen) atoms. The van der Waals surface area contributed by atoms with Crippen molar-refractivity contribution in [2.24, 2.45) is 7.05 Å². The fraction of sp³-hybridized carbons (Fsp3) is 0.306. The molecule has 6 rings (SSSR count). The van der Waals surface area contributed by atoms with Crippen LogP contribution in [0.25, 0.3) is 11.0 Å². The van der Waals surface area contributed by atoms with Gasteiger partial charge in [-0.1, -0.05) is 17.9 Å². The summed E-state index contributed by atoms with van der Waals surface area (Å²) in [7, 11) is 1.60. The maximum absolute atomic E-state index is 13.7. The second-order valence-corrected chi connectivity index (χ2v) is 12.2. The summed E-state index contributed by atoms with van der Waals surface area (Å²) in [5.74, 6) is 3.32. The minimum atomic E-state index is -1.03. The Morgan fingerprint density at radius 3 is 2.46 bits per heavy atom. The van der Waals surface area contributed by atoms with Gasteiger partial charge in [0.05, 0.1) is 31.9 Å². The summed E-state index contributed by atoms with van der Waals surface area (Å²) in [6, 6.07) is 12.7. The summed E-state index contributed by atoms with van der Waals surface area (Å²) in [4.78, 5) is 51.1. The molecule has 1 fully saturated rings. The van der Waals surface area contributed by atoms with Crippen molar-refractivity contribution >= 4 is 34.3 Å². The van der Waals surface area contributed by atoms with Crippen molar-refractivity contribution in [2.75, 3.05) is 43.1 Å². The first-order chi connectivity index (χ1) is 24.0. The van der Waals surface area contributed by atoms with E-state index in [9.17, 15) is 23.2 Å². The van der Waals surface area contributed by atoms with Crippen LogP contribution in [-0.2, 0) is 18.3 Å². The van der Waals surface area contributed by atoms with Gasteiger partial charge < -0.3 is 20.3 Å². The van der Waals surface area contributed by atoms with Crippen molar-refractivity contribution in [3.8, 4) is 11.8 Å². The highest BCUT2D eigenvalue weighted by molar-refractivity contribution is 5.95. The van der Waals surface area contributed by atoms with E-state index in [4.69, 9.17) is 4.74 Å². The van der Waals surface area contributed by atoms with E-state index in [0.29, 0.717) is 41.5 Å². The zero-order valence-corrected chi connectivity index (χ0v) is 28.1. The maximum atomic E-state index is 13.7. The Morgan fingerprint density at radius 2 is 1.76 bits per heavy atom. The number of pyridine rings is 1. The van der Waals surface area contributed by atoms with Crippen LogP contribution in [0.2, 0.25) is 0 Å². The lowest BCUT2D eigenvalue weighted by Gasteiger charge is -2.28. The van der Waals surface area contributed by atoms with E-state index in [1.165, 1.54) is 15.4 Å². The number of rotatable bonds is 8. The molecule has 2 aromatic carbocycles. The molecule has 0 spiro atoms. The van der Waals surface area contributed by atoms with Crippen molar-refractivity contribution in [2.45, 2.75) is 33.4 Å². The number of nitrogens with zero attached hydrogens (tertiary/aromatic N) is 6. The number of anilines is 3. The summed E-state index contributed by atoms with van der Waals surface area (Å²) in [6.45, 7) is 8.25. The first-order valence-electron chi connectivity index (χ1n) is 16.1. The van der Waals surface area contributed by atoms with E-state index in [1.54, 1.807) is 30.8 Å². The average Bonchev–Trinajstić information content (AvgIpc) is 3.31. The summed E-state index contributed by atoms with van der Waals surface area (Å²) < 4.78 is 36.8. The standard InChI is InChI=1S/C36H36F2N8O4/c1-22(2)46-32-26(20-40-36(42-32)41-27-8-10-28(11-9-27)44-14-16-50-17-15-44)19-25(34(46)48)6-5-13-39-33(47)31-23(3)43(4)45(35(31)49)21-24-7-12-29(37)30(38)18-24/h7-12,18-20,22H,13-17,21H2,1-4H3,(H,39,47)(H,40,41,42). The molecule has 258 valence electrons. The zero-order chi connectivity index (χ0) is 35.5. The van der Waals surface area contributed by atoms with E-state index < -0.39 is 23.1 Å². The van der Waals surface area contributed by atoms with Gasteiger partial charge in [-0.3, -0.25) is 23.6 Å². The average molecular weight is 683 g/mol. The number of carbonyl (C=O) groups is 1. The third-order valence-corrected chi connectivity index (χ3v) is 8.55. The minimum absolute atomic E-state index is 0.0612. The van der Waals surface area contributed by atoms with E-state index in [2.05, 4.69) is 37.3 Å². The molecule has 0 aliphatic carbocycles. The summed E-state index contributed by atoms with van der Waals surface area (Å²) >= 11 is 0. The molecule has 1 saturated heterocycles. The maximum Gasteiger partial charge on any atom is 0.280 e. The van der Waals surface area contributed by atoms with Gasteiger partial charge in [0.15, 0.2) is 11.6 Å². The Labute approximate surface area is 286 Å². The van der Waals surface area contributed by atoms with Crippen LogP contribution in [0.1, 0.15) is 47.1 Å². The van der Waals surface area contributed by atoms with Gasteiger partial charge in [0.1, 0.15) is 11.2 Å². The molecule has 3 aromatic heterocycles. The molecule has 1 aliphatic heterocycles. The van der Waals surface area contributed by atoms with E-state index in [1.807, 2.05) is 38.1 Å². The topological polar surface area (TPSA) is 128 Å². The van der Waals surface area contributed by atoms with Crippen LogP contribution >= 0.6 is 0 Å². The quantitative estimate of drug-likeness (QED) is 0.236. The van der Waals surface area contributed by atoms with Crippen molar-refractivity contribution in [1.29, 1.82) is 0 Å². The van der Waals surface area contributed by atoms with Gasteiger partial charge in [-0.2, -0.15) is 4.98 Å². The number of carbonyl (C=O) groups excluding carboxylic acids is 1. The minimum Gasteiger partial charge on any atom is -0.378 e. The number of benzene rings is 2. The number of nitrogens with one attached hydrogen (secondary N) is 2. The molecule has 2 N–H and O–H groups in total. The lowest BCUT2D eigenvalue weighted by Crippen LogP contribution is -2.36. The predicted molar refractivity (Wildman–Crippen MR) is 186 cm³/mol. The first-order valence-corrected chi connectivity index (χ1v) is 16.1. The largest absolute Gasteiger partial charge is 0.378 e. The highest BCUT2D eigenvalue weighted by atomic mass is 19.2. The monoisotopic (exact) mass is 682 g/mol. The van der Waals surface area contributed by atoms with E-state index in [-0.39, 0.29) is 35.8 Å². The molecule has 1 amide bonds. The Hall–Kier alpha value is -5.81. The number of hydrogen-bond acceptors (Lipinski definition) is 8. The number of hydrogen-bond donors (Lipinski definition) is 2. The molecule has 0 radical (unpaired) electrons. The van der Waals surface area contributed by atoms with Crippen LogP contribution in [0.4, 0.5) is 26.1 Å². The molecular weight excluding hydrogens is 646 g/mol. The number of aromatic nitrogens is 5. The SMILES string of the molecule is Cc1c(C(=O)NCC#Cc2cc3cnc(Nc4ccc(N5CCOCC5)cc4)nc3n(C(C)C)c2=O)c(=O)n(Cc2ccc(F)c(F)c2)n1C. The highest BCUT2D eigenvalue weighted by Crippen LogP contribution is 2.22. The molecule has 4 heterocycles. The first kappa shape index (κ1) is 34.1. The normalized spacial score (nSPS) is 13.0. The van der Waals surface area contributed by atoms with Crippen LogP contribution in [0, 0.1) is 30.4 Å². The van der Waals surface area contributed by atoms with Crippen molar-refractivity contribution < 1.29 is 18.3 Å². The van der Waals surface area contributed by atoms with Gasteiger partial charge in [0.2, 0.25) is 5.95 Å². The molecule has 14 heteroatoms. The van der Waals surface area contributed by atoms with E-state index >= 15 is 0 Å². The Kier molecular flexibility index (Phi) is 9.78. The number of halogens is 2. The smallest absolute Gasteiger partial charge is 0.280 e. The van der Waals surface area contributed by atoms with Crippen LogP contribution in [0.5, 0.6) is 0 Å². The van der Waals surface area contributed by atoms with Gasteiger partial charge in [0.25, 0.3) is 17.0 Å². The summed E-state index contributed by atoms with van der Waals surface area (Å²) in [5, 5.41) is 6.45. The fourth-order valence-corrected chi connectivity index (χ4v) is 5.82. The second-order valence-electron chi connectivity index (χ2n) is 12.2. The molecular formula is C36H36F2N8O4. The number of morpholine rings is 1. The lowest BCUT2D eigenvalue weighted by molar-refractivity contribution is 0.0956. The predicted octanol–water partition coefficient (Wildman–Crippen LogP) is 3.87. The molecule has 5 aromatic rings. The Balaban J connectivity index is 1.17. The van der Waals surface area contributed by atoms with Gasteiger partial charge in [-0.15, -0.1) is 0 Å². The molecule has 12 nitrogen and oxygen atoms in total. The Morgan fingerprint density at radius 1 is 1.02 bits per heavy atom. The zero-order valence-electron chi connectivity index (χ0n) is 28.1. The van der Waals surface area contributed by atoms with Gasteiger partial charge >= 0.3 is 0 Å². The number of ether oxygens (including phenoxy) is 1. The van der Waals surface area contributed by atoms with Crippen LogP contribution in [0.3, 0.4) is 0 Å². The molecule has 0 saturated carbocycles. The highest BCUT2D eigenvalue weighted by Gasteiger charge is 2.21. The van der Waals surface area contributed by atoms with Crippen LogP contribution in [-0.4, -0.2) is 62.7 Å². The summed E-state index contributed by atoms with van der Waals surface area (Å²) in [5.41, 5.74) is 2.28. The molecule has 0 atom stereocenters. The number of amides is 1. The van der Waals surface area contributed by atoms with E-state index in [0.717, 1.165) is 36.6 Å². The van der Waals surface area contributed by atoms with Crippen LogP contribution < -0.4 is 26.7 Å². The third kappa shape index (κ3) is 6.99. The molecule has 0 bridgehead atoms. The summed E-state index contributed by atoms with van der Waals surface area (Å²) in [6.07, 6.45) is 1.63. The number of fused-ring (bicyclic) bond motifs is 1. The van der Waals surface area contributed by atoms with Gasteiger partial charge in [-0.25, -0.2) is 18.4 Å². The van der Waals surface area contributed by atoms with Crippen molar-refractivity contribution in [3.63, 3.8) is 0 Å². The van der Waals surface area contributed by atoms with Crippen molar-refractivity contribution in [3.05, 3.63) is 109 Å². The van der Waals surface area contributed by atoms with Gasteiger partial charge in [0, 0.05) is 54.8 Å².